The lowest BCUT2D eigenvalue weighted by atomic mass is 10.0. The lowest BCUT2D eigenvalue weighted by Crippen LogP contribution is -2.29. The number of carbonyl (C=O) groups excluding carboxylic acids is 1. The van der Waals surface area contributed by atoms with E-state index in [1.807, 2.05) is 12.1 Å². The summed E-state index contributed by atoms with van der Waals surface area (Å²) in [7, 11) is 2.90. The molecular formula is C21H21Cl2N3O3. The molecule has 6 nitrogen and oxygen atoms in total. The molecule has 2 aromatic carbocycles. The summed E-state index contributed by atoms with van der Waals surface area (Å²) in [5.41, 5.74) is 5.42. The minimum atomic E-state index is -0.365. The van der Waals surface area contributed by atoms with Gasteiger partial charge in [0.1, 0.15) is 13.7 Å². The standard InChI is InChI=1S/C21H21Cl2N3O3/c1-14(11-12-17-18(22)9-6-10-19(17)23)25-29-13-15-7-4-5-8-16(15)20(26-28-3)21(27)24-2/h4-12,25H,1,13H2,2-3H3,(H,24,27). The Hall–Kier alpha value is -2.80. The van der Waals surface area contributed by atoms with Crippen LogP contribution in [0.1, 0.15) is 16.7 Å². The second-order valence-electron chi connectivity index (χ2n) is 5.74. The highest BCUT2D eigenvalue weighted by Crippen LogP contribution is 2.25. The van der Waals surface area contributed by atoms with Gasteiger partial charge in [0.15, 0.2) is 5.71 Å². The summed E-state index contributed by atoms with van der Waals surface area (Å²) in [5, 5.41) is 7.44. The van der Waals surface area contributed by atoms with Crippen molar-refractivity contribution in [2.24, 2.45) is 5.16 Å². The Balaban J connectivity index is 2.04. The molecule has 0 atom stereocenters. The minimum absolute atomic E-state index is 0.154. The Bertz CT molecular complexity index is 922. The zero-order chi connectivity index (χ0) is 21.2. The van der Waals surface area contributed by atoms with Crippen LogP contribution in [0, 0.1) is 0 Å². The Morgan fingerprint density at radius 3 is 2.52 bits per heavy atom. The molecule has 152 valence electrons. The number of nitrogens with zero attached hydrogens (tertiary/aromatic N) is 1. The number of carbonyl (C=O) groups is 1. The number of amides is 1. The fourth-order valence-corrected chi connectivity index (χ4v) is 2.92. The third-order valence-electron chi connectivity index (χ3n) is 3.78. The number of nitrogens with one attached hydrogen (secondary N) is 2. The molecule has 29 heavy (non-hydrogen) atoms. The van der Waals surface area contributed by atoms with Crippen LogP contribution in [0.25, 0.3) is 6.08 Å². The van der Waals surface area contributed by atoms with Gasteiger partial charge in [-0.1, -0.05) is 65.3 Å². The molecule has 0 heterocycles. The van der Waals surface area contributed by atoms with Gasteiger partial charge in [-0.2, -0.15) is 0 Å². The van der Waals surface area contributed by atoms with Crippen molar-refractivity contribution < 1.29 is 14.5 Å². The second kappa shape index (κ2) is 11.3. The number of rotatable bonds is 9. The Morgan fingerprint density at radius 2 is 1.86 bits per heavy atom. The molecule has 0 aromatic heterocycles. The van der Waals surface area contributed by atoms with Crippen molar-refractivity contribution in [2.75, 3.05) is 14.2 Å². The molecule has 2 rings (SSSR count). The molecule has 1 amide bonds. The molecule has 0 saturated heterocycles. The molecule has 2 N–H and O–H groups in total. The number of oxime groups is 1. The van der Waals surface area contributed by atoms with Crippen molar-refractivity contribution in [1.82, 2.24) is 10.8 Å². The number of hydrogen-bond acceptors (Lipinski definition) is 5. The van der Waals surface area contributed by atoms with E-state index in [4.69, 9.17) is 32.9 Å². The zero-order valence-electron chi connectivity index (χ0n) is 16.0. The fraction of sp³-hybridized carbons (Fsp3) is 0.143. The Labute approximate surface area is 179 Å². The first-order chi connectivity index (χ1) is 14.0. The Kier molecular flexibility index (Phi) is 8.73. The van der Waals surface area contributed by atoms with E-state index in [2.05, 4.69) is 22.5 Å². The minimum Gasteiger partial charge on any atom is -0.398 e. The highest BCUT2D eigenvalue weighted by molar-refractivity contribution is 6.45. The summed E-state index contributed by atoms with van der Waals surface area (Å²) in [6.07, 6.45) is 3.44. The SMILES string of the molecule is C=C(C=Cc1c(Cl)cccc1Cl)NOCc1ccccc1C(=NOC)C(=O)NC. The monoisotopic (exact) mass is 433 g/mol. The van der Waals surface area contributed by atoms with Crippen LogP contribution in [-0.4, -0.2) is 25.8 Å². The van der Waals surface area contributed by atoms with Crippen LogP contribution in [0.5, 0.6) is 0 Å². The van der Waals surface area contributed by atoms with Gasteiger partial charge in [0.25, 0.3) is 5.91 Å². The lowest BCUT2D eigenvalue weighted by molar-refractivity contribution is -0.114. The first-order valence-electron chi connectivity index (χ1n) is 8.58. The molecule has 0 spiro atoms. The summed E-state index contributed by atoms with van der Waals surface area (Å²) in [6, 6.07) is 12.5. The molecule has 0 fully saturated rings. The highest BCUT2D eigenvalue weighted by Gasteiger charge is 2.17. The average molecular weight is 434 g/mol. The van der Waals surface area contributed by atoms with Gasteiger partial charge in [0.05, 0.1) is 5.70 Å². The van der Waals surface area contributed by atoms with Crippen LogP contribution >= 0.6 is 23.2 Å². The number of hydrogen-bond donors (Lipinski definition) is 2. The first kappa shape index (κ1) is 22.5. The molecule has 0 aliphatic rings. The molecular weight excluding hydrogens is 413 g/mol. The third-order valence-corrected chi connectivity index (χ3v) is 4.44. The van der Waals surface area contributed by atoms with E-state index in [-0.39, 0.29) is 18.2 Å². The van der Waals surface area contributed by atoms with E-state index in [0.29, 0.717) is 26.9 Å². The topological polar surface area (TPSA) is 71.9 Å². The van der Waals surface area contributed by atoms with Crippen molar-refractivity contribution in [3.05, 3.63) is 87.6 Å². The van der Waals surface area contributed by atoms with Gasteiger partial charge in [0.2, 0.25) is 0 Å². The van der Waals surface area contributed by atoms with E-state index in [9.17, 15) is 4.79 Å². The van der Waals surface area contributed by atoms with Crippen molar-refractivity contribution in [2.45, 2.75) is 6.61 Å². The van der Waals surface area contributed by atoms with Gasteiger partial charge < -0.3 is 10.2 Å². The maximum Gasteiger partial charge on any atom is 0.273 e. The van der Waals surface area contributed by atoms with E-state index in [0.717, 1.165) is 5.56 Å². The Morgan fingerprint density at radius 1 is 1.17 bits per heavy atom. The van der Waals surface area contributed by atoms with Crippen LogP contribution in [0.4, 0.5) is 0 Å². The van der Waals surface area contributed by atoms with Crippen molar-refractivity contribution >= 4 is 40.9 Å². The quantitative estimate of drug-likeness (QED) is 0.350. The lowest BCUT2D eigenvalue weighted by Gasteiger charge is -2.12. The summed E-state index contributed by atoms with van der Waals surface area (Å²) in [6.45, 7) is 4.03. The van der Waals surface area contributed by atoms with Crippen LogP contribution in [0.2, 0.25) is 10.0 Å². The van der Waals surface area contributed by atoms with Gasteiger partial charge in [-0.3, -0.25) is 15.1 Å². The third kappa shape index (κ3) is 6.35. The molecule has 0 bridgehead atoms. The second-order valence-corrected chi connectivity index (χ2v) is 6.56. The zero-order valence-corrected chi connectivity index (χ0v) is 17.6. The van der Waals surface area contributed by atoms with Gasteiger partial charge >= 0.3 is 0 Å². The average Bonchev–Trinajstić information content (AvgIpc) is 2.71. The van der Waals surface area contributed by atoms with Gasteiger partial charge in [-0.15, -0.1) is 0 Å². The number of benzene rings is 2. The predicted molar refractivity (Wildman–Crippen MR) is 117 cm³/mol. The highest BCUT2D eigenvalue weighted by atomic mass is 35.5. The van der Waals surface area contributed by atoms with E-state index >= 15 is 0 Å². The molecule has 8 heteroatoms. The van der Waals surface area contributed by atoms with Gasteiger partial charge in [-0.05, 0) is 29.8 Å². The van der Waals surface area contributed by atoms with Crippen LogP contribution in [-0.2, 0) is 21.1 Å². The molecule has 0 saturated carbocycles. The van der Waals surface area contributed by atoms with E-state index in [1.54, 1.807) is 42.5 Å². The van der Waals surface area contributed by atoms with Gasteiger partial charge in [0, 0.05) is 28.2 Å². The number of halogens is 2. The first-order valence-corrected chi connectivity index (χ1v) is 9.33. The maximum atomic E-state index is 12.1. The summed E-state index contributed by atoms with van der Waals surface area (Å²) >= 11 is 12.3. The van der Waals surface area contributed by atoms with Crippen LogP contribution < -0.4 is 10.8 Å². The molecule has 0 aliphatic carbocycles. The summed E-state index contributed by atoms with van der Waals surface area (Å²) < 4.78 is 0. The van der Waals surface area contributed by atoms with Crippen LogP contribution in [0.3, 0.4) is 0 Å². The largest absolute Gasteiger partial charge is 0.398 e. The molecule has 2 aromatic rings. The smallest absolute Gasteiger partial charge is 0.273 e. The van der Waals surface area contributed by atoms with Crippen molar-refractivity contribution in [3.8, 4) is 0 Å². The number of likely N-dealkylation sites (N-methyl/N-ethyl adjacent to an activating group) is 1. The maximum absolute atomic E-state index is 12.1. The van der Waals surface area contributed by atoms with Gasteiger partial charge in [-0.25, -0.2) is 0 Å². The van der Waals surface area contributed by atoms with E-state index in [1.165, 1.54) is 14.2 Å². The summed E-state index contributed by atoms with van der Waals surface area (Å²) in [5.74, 6) is -0.365. The number of allylic oxidation sites excluding steroid dienone is 1. The number of hydroxylamine groups is 1. The predicted octanol–water partition coefficient (Wildman–Crippen LogP) is 4.34. The van der Waals surface area contributed by atoms with Crippen LogP contribution in [0.15, 0.2) is 66.0 Å². The normalized spacial score (nSPS) is 11.4. The van der Waals surface area contributed by atoms with E-state index < -0.39 is 0 Å². The molecule has 0 unspecified atom stereocenters. The fourth-order valence-electron chi connectivity index (χ4n) is 2.39. The van der Waals surface area contributed by atoms with Crippen molar-refractivity contribution in [1.29, 1.82) is 0 Å². The summed E-state index contributed by atoms with van der Waals surface area (Å²) in [4.78, 5) is 22.4. The van der Waals surface area contributed by atoms with Crippen molar-refractivity contribution in [3.63, 3.8) is 0 Å². The molecule has 0 aliphatic heterocycles. The molecule has 0 radical (unpaired) electrons.